The second kappa shape index (κ2) is 5.70. The summed E-state index contributed by atoms with van der Waals surface area (Å²) >= 11 is 0. The van der Waals surface area contributed by atoms with Crippen molar-refractivity contribution >= 4 is 5.65 Å². The molecular weight excluding hydrogens is 302 g/mol. The highest BCUT2D eigenvalue weighted by Crippen LogP contribution is 2.36. The molecule has 6 nitrogen and oxygen atoms in total. The summed E-state index contributed by atoms with van der Waals surface area (Å²) in [4.78, 5) is 7.21. The van der Waals surface area contributed by atoms with Gasteiger partial charge in [-0.2, -0.15) is 5.10 Å². The predicted molar refractivity (Wildman–Crippen MR) is 90.8 cm³/mol. The number of likely N-dealkylation sites (tertiary alicyclic amines) is 1. The summed E-state index contributed by atoms with van der Waals surface area (Å²) in [6.07, 6.45) is 4.30. The van der Waals surface area contributed by atoms with Crippen molar-refractivity contribution in [3.05, 3.63) is 46.2 Å². The maximum atomic E-state index is 5.39. The lowest BCUT2D eigenvalue weighted by Crippen LogP contribution is -2.23. The van der Waals surface area contributed by atoms with Crippen LogP contribution in [-0.4, -0.2) is 31.2 Å². The quantitative estimate of drug-likeness (QED) is 0.739. The summed E-state index contributed by atoms with van der Waals surface area (Å²) in [5, 5.41) is 8.66. The first-order valence-electron chi connectivity index (χ1n) is 8.52. The Balaban J connectivity index is 1.68. The summed E-state index contributed by atoms with van der Waals surface area (Å²) in [6.45, 7) is 10.1. The van der Waals surface area contributed by atoms with Crippen LogP contribution < -0.4 is 0 Å². The van der Waals surface area contributed by atoms with Crippen LogP contribution in [0.15, 0.2) is 16.8 Å². The molecule has 1 aliphatic rings. The third-order valence-electron chi connectivity index (χ3n) is 5.01. The molecule has 1 fully saturated rings. The van der Waals surface area contributed by atoms with Crippen LogP contribution in [-0.2, 0) is 6.54 Å². The first-order chi connectivity index (χ1) is 11.5. The number of hydrogen-bond acceptors (Lipinski definition) is 5. The number of aryl methyl sites for hydroxylation is 4. The van der Waals surface area contributed by atoms with Gasteiger partial charge in [0.2, 0.25) is 0 Å². The third kappa shape index (κ3) is 2.41. The van der Waals surface area contributed by atoms with Crippen molar-refractivity contribution in [2.45, 2.75) is 53.1 Å². The molecule has 1 aliphatic heterocycles. The zero-order valence-corrected chi connectivity index (χ0v) is 14.7. The molecule has 0 bridgehead atoms. The lowest BCUT2D eigenvalue weighted by atomic mass is 10.0. The molecule has 3 aromatic rings. The average molecular weight is 325 g/mol. The number of hydrogen-bond donors (Lipinski definition) is 0. The zero-order valence-electron chi connectivity index (χ0n) is 14.7. The Bertz CT molecular complexity index is 875. The van der Waals surface area contributed by atoms with Gasteiger partial charge in [0.05, 0.1) is 11.9 Å². The van der Waals surface area contributed by atoms with E-state index in [0.29, 0.717) is 6.04 Å². The molecule has 1 saturated heterocycles. The Morgan fingerprint density at radius 2 is 2.08 bits per heavy atom. The van der Waals surface area contributed by atoms with Gasteiger partial charge >= 0.3 is 0 Å². The zero-order chi connectivity index (χ0) is 16.8. The minimum atomic E-state index is 0.372. The van der Waals surface area contributed by atoms with E-state index >= 15 is 0 Å². The summed E-state index contributed by atoms with van der Waals surface area (Å²) in [6, 6.07) is 2.43. The van der Waals surface area contributed by atoms with Crippen LogP contribution >= 0.6 is 0 Å². The minimum absolute atomic E-state index is 0.372. The first kappa shape index (κ1) is 15.3. The molecule has 6 heteroatoms. The molecule has 0 N–H and O–H groups in total. The molecule has 0 amide bonds. The fourth-order valence-electron chi connectivity index (χ4n) is 3.95. The van der Waals surface area contributed by atoms with E-state index in [9.17, 15) is 0 Å². The Labute approximate surface area is 141 Å². The van der Waals surface area contributed by atoms with Crippen LogP contribution in [0.5, 0.6) is 0 Å². The maximum absolute atomic E-state index is 5.39. The molecule has 0 radical (unpaired) electrons. The van der Waals surface area contributed by atoms with E-state index in [0.717, 1.165) is 48.0 Å². The second-order valence-corrected chi connectivity index (χ2v) is 6.81. The highest BCUT2D eigenvalue weighted by Gasteiger charge is 2.31. The molecule has 0 aliphatic carbocycles. The largest absolute Gasteiger partial charge is 0.361 e. The lowest BCUT2D eigenvalue weighted by Gasteiger charge is -2.24. The normalized spacial score (nSPS) is 18.8. The standard InChI is InChI=1S/C18H23N5O/c1-11-8-12(2)23-18(20-11)15(9-19-23)10-22-7-5-6-16(22)17-13(3)21-24-14(17)4/h8-9,16H,5-7,10H2,1-4H3/t16-/m1/s1. The molecule has 0 spiro atoms. The van der Waals surface area contributed by atoms with E-state index in [2.05, 4.69) is 28.1 Å². The Morgan fingerprint density at radius 3 is 2.83 bits per heavy atom. The van der Waals surface area contributed by atoms with Crippen molar-refractivity contribution in [2.24, 2.45) is 0 Å². The monoisotopic (exact) mass is 325 g/mol. The second-order valence-electron chi connectivity index (χ2n) is 6.81. The summed E-state index contributed by atoms with van der Waals surface area (Å²) in [7, 11) is 0. The maximum Gasteiger partial charge on any atom is 0.159 e. The number of nitrogens with zero attached hydrogens (tertiary/aromatic N) is 5. The van der Waals surface area contributed by atoms with Crippen molar-refractivity contribution in [3.8, 4) is 0 Å². The van der Waals surface area contributed by atoms with Crippen molar-refractivity contribution in [1.82, 2.24) is 24.7 Å². The highest BCUT2D eigenvalue weighted by atomic mass is 16.5. The van der Waals surface area contributed by atoms with Gasteiger partial charge in [-0.15, -0.1) is 0 Å². The first-order valence-corrected chi connectivity index (χ1v) is 8.52. The van der Waals surface area contributed by atoms with Crippen molar-refractivity contribution in [3.63, 3.8) is 0 Å². The highest BCUT2D eigenvalue weighted by molar-refractivity contribution is 5.48. The molecule has 24 heavy (non-hydrogen) atoms. The summed E-state index contributed by atoms with van der Waals surface area (Å²) in [5.41, 5.74) is 6.56. The molecule has 4 rings (SSSR count). The molecule has 0 aromatic carbocycles. The predicted octanol–water partition coefficient (Wildman–Crippen LogP) is 3.29. The smallest absolute Gasteiger partial charge is 0.159 e. The topological polar surface area (TPSA) is 59.5 Å². The summed E-state index contributed by atoms with van der Waals surface area (Å²) in [5.74, 6) is 0.939. The molecular formula is C18H23N5O. The molecule has 3 aromatic heterocycles. The molecule has 4 heterocycles. The van der Waals surface area contributed by atoms with E-state index in [1.807, 2.05) is 31.5 Å². The Hall–Kier alpha value is -2.21. The van der Waals surface area contributed by atoms with Gasteiger partial charge in [-0.1, -0.05) is 5.16 Å². The molecule has 0 unspecified atom stereocenters. The van der Waals surface area contributed by atoms with Gasteiger partial charge in [0.25, 0.3) is 0 Å². The fraction of sp³-hybridized carbons (Fsp3) is 0.500. The van der Waals surface area contributed by atoms with Crippen molar-refractivity contribution in [2.75, 3.05) is 6.54 Å². The van der Waals surface area contributed by atoms with Gasteiger partial charge in [-0.05, 0) is 53.1 Å². The van der Waals surface area contributed by atoms with E-state index in [-0.39, 0.29) is 0 Å². The minimum Gasteiger partial charge on any atom is -0.361 e. The van der Waals surface area contributed by atoms with E-state index in [4.69, 9.17) is 9.51 Å². The SMILES string of the molecule is Cc1cc(C)n2ncc(CN3CCC[C@@H]3c3c(C)noc3C)c2n1. The number of rotatable bonds is 3. The van der Waals surface area contributed by atoms with Crippen LogP contribution in [0.3, 0.4) is 0 Å². The Morgan fingerprint density at radius 1 is 1.25 bits per heavy atom. The van der Waals surface area contributed by atoms with Crippen molar-refractivity contribution < 1.29 is 4.52 Å². The molecule has 126 valence electrons. The van der Waals surface area contributed by atoms with Crippen LogP contribution in [0.25, 0.3) is 5.65 Å². The third-order valence-corrected chi connectivity index (χ3v) is 5.01. The molecule has 0 saturated carbocycles. The van der Waals surface area contributed by atoms with Crippen LogP contribution in [0.1, 0.15) is 52.9 Å². The van der Waals surface area contributed by atoms with Gasteiger partial charge in [0.1, 0.15) is 5.76 Å². The Kier molecular flexibility index (Phi) is 3.64. The average Bonchev–Trinajstić information content (AvgIpc) is 3.21. The number of fused-ring (bicyclic) bond motifs is 1. The van der Waals surface area contributed by atoms with Crippen LogP contribution in [0.2, 0.25) is 0 Å². The van der Waals surface area contributed by atoms with Gasteiger partial charge in [0.15, 0.2) is 5.65 Å². The van der Waals surface area contributed by atoms with Gasteiger partial charge in [-0.25, -0.2) is 9.50 Å². The van der Waals surface area contributed by atoms with Gasteiger partial charge < -0.3 is 4.52 Å². The van der Waals surface area contributed by atoms with Gasteiger partial charge in [-0.3, -0.25) is 4.90 Å². The summed E-state index contributed by atoms with van der Waals surface area (Å²) < 4.78 is 7.32. The molecule has 1 atom stereocenters. The van der Waals surface area contributed by atoms with Crippen LogP contribution in [0, 0.1) is 27.7 Å². The van der Waals surface area contributed by atoms with E-state index in [1.165, 1.54) is 17.5 Å². The number of aromatic nitrogens is 4. The van der Waals surface area contributed by atoms with E-state index in [1.54, 1.807) is 0 Å². The van der Waals surface area contributed by atoms with Crippen molar-refractivity contribution in [1.29, 1.82) is 0 Å². The lowest BCUT2D eigenvalue weighted by molar-refractivity contribution is 0.246. The van der Waals surface area contributed by atoms with E-state index < -0.39 is 0 Å². The fourth-order valence-corrected chi connectivity index (χ4v) is 3.95. The van der Waals surface area contributed by atoms with Gasteiger partial charge in [0, 0.05) is 35.1 Å². The van der Waals surface area contributed by atoms with Crippen LogP contribution in [0.4, 0.5) is 0 Å².